The molecule has 0 radical (unpaired) electrons. The van der Waals surface area contributed by atoms with E-state index in [0.29, 0.717) is 18.0 Å². The molecule has 3 nitrogen and oxygen atoms in total. The summed E-state index contributed by atoms with van der Waals surface area (Å²) in [4.78, 5) is 14.5. The van der Waals surface area contributed by atoms with Gasteiger partial charge in [-0.2, -0.15) is 0 Å². The number of likely N-dealkylation sites (N-methyl/N-ethyl adjacent to an activating group) is 1. The summed E-state index contributed by atoms with van der Waals surface area (Å²) in [5, 5.41) is 0. The number of nitrogens with two attached hydrogens (primary N) is 1. The maximum atomic E-state index is 12.6. The monoisotopic (exact) mass is 332 g/mol. The molecule has 2 aromatic carbocycles. The molecule has 1 atom stereocenters. The highest BCUT2D eigenvalue weighted by Gasteiger charge is 2.24. The topological polar surface area (TPSA) is 46.3 Å². The van der Waals surface area contributed by atoms with Gasteiger partial charge >= 0.3 is 0 Å². The van der Waals surface area contributed by atoms with E-state index < -0.39 is 0 Å². The van der Waals surface area contributed by atoms with Gasteiger partial charge in [0.2, 0.25) is 5.91 Å². The molecular formula is C19H25ClN2O. The molecule has 0 aliphatic heterocycles. The highest BCUT2D eigenvalue weighted by Crippen LogP contribution is 2.27. The van der Waals surface area contributed by atoms with Crippen molar-refractivity contribution in [3.63, 3.8) is 0 Å². The summed E-state index contributed by atoms with van der Waals surface area (Å²) < 4.78 is 0. The molecule has 0 aliphatic carbocycles. The summed E-state index contributed by atoms with van der Waals surface area (Å²) >= 11 is 0. The summed E-state index contributed by atoms with van der Waals surface area (Å²) in [7, 11) is 1.89. The number of hydrogen-bond acceptors (Lipinski definition) is 2. The van der Waals surface area contributed by atoms with Crippen molar-refractivity contribution >= 4 is 24.0 Å². The Morgan fingerprint density at radius 3 is 2.13 bits per heavy atom. The van der Waals surface area contributed by atoms with Crippen molar-refractivity contribution in [1.82, 2.24) is 4.90 Å². The fraction of sp³-hybridized carbons (Fsp3) is 0.316. The highest BCUT2D eigenvalue weighted by molar-refractivity contribution is 5.85. The Morgan fingerprint density at radius 2 is 1.61 bits per heavy atom. The zero-order chi connectivity index (χ0) is 16.1. The molecule has 23 heavy (non-hydrogen) atoms. The van der Waals surface area contributed by atoms with Gasteiger partial charge in [-0.1, -0.05) is 56.3 Å². The van der Waals surface area contributed by atoms with Gasteiger partial charge in [0.05, 0.1) is 12.5 Å². The fourth-order valence-electron chi connectivity index (χ4n) is 2.80. The molecule has 0 spiro atoms. The minimum Gasteiger partial charge on any atom is -0.399 e. The van der Waals surface area contributed by atoms with Crippen LogP contribution in [0.2, 0.25) is 0 Å². The second-order valence-electron chi connectivity index (χ2n) is 6.02. The van der Waals surface area contributed by atoms with Crippen LogP contribution < -0.4 is 5.73 Å². The Balaban J connectivity index is 0.00000264. The summed E-state index contributed by atoms with van der Waals surface area (Å²) in [5.41, 5.74) is 8.56. The minimum atomic E-state index is 0. The maximum Gasteiger partial charge on any atom is 0.227 e. The van der Waals surface area contributed by atoms with E-state index in [9.17, 15) is 4.79 Å². The first-order valence-electron chi connectivity index (χ1n) is 7.64. The van der Waals surface area contributed by atoms with E-state index in [4.69, 9.17) is 5.73 Å². The molecule has 124 valence electrons. The number of anilines is 1. The van der Waals surface area contributed by atoms with Crippen molar-refractivity contribution in [1.29, 1.82) is 0 Å². The van der Waals surface area contributed by atoms with Gasteiger partial charge in [-0.25, -0.2) is 0 Å². The summed E-state index contributed by atoms with van der Waals surface area (Å²) in [6.45, 7) is 4.29. The van der Waals surface area contributed by atoms with Gasteiger partial charge in [-0.3, -0.25) is 4.79 Å². The Kier molecular flexibility index (Phi) is 7.11. The molecule has 1 unspecified atom stereocenters. The Hall–Kier alpha value is -2.00. The number of benzene rings is 2. The van der Waals surface area contributed by atoms with Gasteiger partial charge in [0, 0.05) is 12.7 Å². The van der Waals surface area contributed by atoms with Gasteiger partial charge in [0.15, 0.2) is 0 Å². The number of nitrogen functional groups attached to an aromatic ring is 1. The number of halogens is 1. The van der Waals surface area contributed by atoms with Crippen LogP contribution in [0.1, 0.15) is 31.0 Å². The van der Waals surface area contributed by atoms with E-state index in [1.165, 1.54) is 5.56 Å². The third-order valence-corrected chi connectivity index (χ3v) is 3.92. The standard InChI is InChI=1S/C19H24N2O.ClH/c1-14(2)19(16-7-5-4-6-8-16)21(3)18(22)13-15-9-11-17(20)12-10-15;/h4-12,14,19H,13,20H2,1-3H3;1H. The molecule has 2 N–H and O–H groups in total. The summed E-state index contributed by atoms with van der Waals surface area (Å²) in [6.07, 6.45) is 0.396. The predicted molar refractivity (Wildman–Crippen MR) is 98.6 cm³/mol. The zero-order valence-electron chi connectivity index (χ0n) is 13.9. The van der Waals surface area contributed by atoms with Crippen LogP contribution in [0.3, 0.4) is 0 Å². The van der Waals surface area contributed by atoms with E-state index in [1.54, 1.807) is 0 Å². The summed E-state index contributed by atoms with van der Waals surface area (Å²) in [5.74, 6) is 0.468. The van der Waals surface area contributed by atoms with Gasteiger partial charge in [-0.05, 0) is 29.2 Å². The van der Waals surface area contributed by atoms with Crippen LogP contribution >= 0.6 is 12.4 Å². The molecule has 0 saturated carbocycles. The molecule has 2 rings (SSSR count). The Morgan fingerprint density at radius 1 is 1.04 bits per heavy atom. The first-order chi connectivity index (χ1) is 10.5. The van der Waals surface area contributed by atoms with Crippen molar-refractivity contribution in [2.75, 3.05) is 12.8 Å². The lowest BCUT2D eigenvalue weighted by Gasteiger charge is -2.32. The lowest BCUT2D eigenvalue weighted by Crippen LogP contribution is -2.35. The van der Waals surface area contributed by atoms with Gasteiger partial charge in [0.25, 0.3) is 0 Å². The van der Waals surface area contributed by atoms with Gasteiger partial charge in [-0.15, -0.1) is 12.4 Å². The van der Waals surface area contributed by atoms with Crippen LogP contribution in [0.15, 0.2) is 54.6 Å². The van der Waals surface area contributed by atoms with Crippen LogP contribution in [0.5, 0.6) is 0 Å². The quantitative estimate of drug-likeness (QED) is 0.838. The van der Waals surface area contributed by atoms with Crippen molar-refractivity contribution in [3.8, 4) is 0 Å². The molecule has 4 heteroatoms. The average molecular weight is 333 g/mol. The summed E-state index contributed by atoms with van der Waals surface area (Å²) in [6, 6.07) is 17.8. The molecule has 0 bridgehead atoms. The normalized spacial score (nSPS) is 11.7. The number of hydrogen-bond donors (Lipinski definition) is 1. The fourth-order valence-corrected chi connectivity index (χ4v) is 2.80. The van der Waals surface area contributed by atoms with E-state index in [2.05, 4.69) is 26.0 Å². The number of carbonyl (C=O) groups is 1. The van der Waals surface area contributed by atoms with Gasteiger partial charge in [0.1, 0.15) is 0 Å². The van der Waals surface area contributed by atoms with Crippen molar-refractivity contribution in [2.45, 2.75) is 26.3 Å². The Labute approximate surface area is 144 Å². The molecule has 0 aliphatic rings. The number of carbonyl (C=O) groups excluding carboxylic acids is 1. The number of rotatable bonds is 5. The lowest BCUT2D eigenvalue weighted by atomic mass is 9.94. The highest BCUT2D eigenvalue weighted by atomic mass is 35.5. The number of amides is 1. The predicted octanol–water partition coefficient (Wildman–Crippen LogP) is 4.09. The van der Waals surface area contributed by atoms with Crippen molar-refractivity contribution in [3.05, 3.63) is 65.7 Å². The molecule has 0 fully saturated rings. The Bertz CT molecular complexity index is 611. The van der Waals surface area contributed by atoms with Crippen LogP contribution in [0.25, 0.3) is 0 Å². The average Bonchev–Trinajstić information content (AvgIpc) is 2.50. The largest absolute Gasteiger partial charge is 0.399 e. The molecule has 1 amide bonds. The third kappa shape index (κ3) is 5.00. The minimum absolute atomic E-state index is 0. The van der Waals surface area contributed by atoms with Crippen molar-refractivity contribution < 1.29 is 4.79 Å². The molecule has 0 heterocycles. The van der Waals surface area contributed by atoms with E-state index in [1.807, 2.05) is 54.4 Å². The first-order valence-corrected chi connectivity index (χ1v) is 7.64. The zero-order valence-corrected chi connectivity index (χ0v) is 14.7. The third-order valence-electron chi connectivity index (χ3n) is 3.92. The maximum absolute atomic E-state index is 12.6. The molecule has 2 aromatic rings. The van der Waals surface area contributed by atoms with Crippen molar-refractivity contribution in [2.24, 2.45) is 5.92 Å². The number of nitrogens with zero attached hydrogens (tertiary/aromatic N) is 1. The molecule has 0 aromatic heterocycles. The van der Waals surface area contributed by atoms with Crippen LogP contribution in [-0.2, 0) is 11.2 Å². The van der Waals surface area contributed by atoms with Crippen LogP contribution in [-0.4, -0.2) is 17.9 Å². The van der Waals surface area contributed by atoms with Crippen LogP contribution in [0.4, 0.5) is 5.69 Å². The van der Waals surface area contributed by atoms with E-state index in [0.717, 1.165) is 5.56 Å². The smallest absolute Gasteiger partial charge is 0.227 e. The lowest BCUT2D eigenvalue weighted by molar-refractivity contribution is -0.132. The first kappa shape index (κ1) is 19.0. The van der Waals surface area contributed by atoms with E-state index in [-0.39, 0.29) is 24.4 Å². The second-order valence-corrected chi connectivity index (χ2v) is 6.02. The van der Waals surface area contributed by atoms with Crippen LogP contribution in [0, 0.1) is 5.92 Å². The molecule has 0 saturated heterocycles. The van der Waals surface area contributed by atoms with Gasteiger partial charge < -0.3 is 10.6 Å². The second kappa shape index (κ2) is 8.59. The molecular weight excluding hydrogens is 308 g/mol. The SMILES string of the molecule is CC(C)C(c1ccccc1)N(C)C(=O)Cc1ccc(N)cc1.Cl. The van der Waals surface area contributed by atoms with E-state index >= 15 is 0 Å².